The maximum atomic E-state index is 14.9. The van der Waals surface area contributed by atoms with Crippen LogP contribution < -0.4 is 0 Å². The van der Waals surface area contributed by atoms with Crippen molar-refractivity contribution >= 4 is 0 Å². The minimum absolute atomic E-state index is 0.189. The maximum Gasteiger partial charge on any atom is 0.460 e. The number of halogens is 21. The lowest BCUT2D eigenvalue weighted by molar-refractivity contribution is -0.475. The van der Waals surface area contributed by atoms with Crippen LogP contribution in [0.4, 0.5) is 92.2 Å². The second-order valence-corrected chi connectivity index (χ2v) is 10.3. The fourth-order valence-electron chi connectivity index (χ4n) is 4.55. The molecule has 3 unspecified atom stereocenters. The molecule has 1 rings (SSSR count). The average molecular weight is 682 g/mol. The summed E-state index contributed by atoms with van der Waals surface area (Å²) in [6.07, 6.45) is -10.1. The van der Waals surface area contributed by atoms with Crippen LogP contribution in [0, 0.1) is 17.8 Å². The first-order chi connectivity index (χ1) is 18.5. The lowest BCUT2D eigenvalue weighted by Crippen LogP contribution is -2.77. The van der Waals surface area contributed by atoms with Crippen LogP contribution in [0.5, 0.6) is 0 Å². The smallest absolute Gasteiger partial charge is 0.199 e. The molecule has 0 bridgehead atoms. The lowest BCUT2D eigenvalue weighted by Gasteiger charge is -2.45. The van der Waals surface area contributed by atoms with Crippen molar-refractivity contribution in [2.75, 3.05) is 0 Å². The molecule has 0 saturated heterocycles. The van der Waals surface area contributed by atoms with Gasteiger partial charge in [0.05, 0.1) is 0 Å². The molecule has 1 aliphatic rings. The molecule has 1 saturated carbocycles. The Bertz CT molecular complexity index is 1060. The molecule has 0 aromatic rings. The van der Waals surface area contributed by atoms with E-state index in [1.807, 2.05) is 0 Å². The van der Waals surface area contributed by atoms with Gasteiger partial charge in [0.25, 0.3) is 0 Å². The largest absolute Gasteiger partial charge is 0.460 e. The van der Waals surface area contributed by atoms with Gasteiger partial charge in [0.15, 0.2) is 0 Å². The van der Waals surface area contributed by atoms with Crippen LogP contribution in [0.25, 0.3) is 0 Å². The standard InChI is InChI=1S/C22H19F21/c1-8(2)5-10-6-11(9(3)4)12(7-10)13(23,24)14(25,26)15(27,28)16(29,30)17(31,32)18(33,34)19(35,36)20(37,38)21(39,40)22(41,42)43/h10-12H,1,3,5-7H2,2,4H3. The molecule has 1 aliphatic carbocycles. The Kier molecular flexibility index (Phi) is 9.57. The first kappa shape index (κ1) is 39.0. The van der Waals surface area contributed by atoms with Gasteiger partial charge in [-0.2, -0.15) is 92.2 Å². The zero-order valence-corrected chi connectivity index (χ0v) is 21.2. The SMILES string of the molecule is C=C(C)CC1CC(C(=C)C)C(C(F)(F)C(F)(F)C(F)(F)C(F)(F)C(F)(F)C(F)(F)C(F)(F)C(F)(F)C(F)(F)C(F)(F)F)C1. The molecule has 0 aromatic heterocycles. The summed E-state index contributed by atoms with van der Waals surface area (Å²) in [7, 11) is 0. The number of hydrogen-bond donors (Lipinski definition) is 0. The third-order valence-corrected chi connectivity index (χ3v) is 6.93. The molecule has 0 amide bonds. The minimum atomic E-state index is -9.17. The molecule has 43 heavy (non-hydrogen) atoms. The van der Waals surface area contributed by atoms with Crippen LogP contribution >= 0.6 is 0 Å². The highest BCUT2D eigenvalue weighted by molar-refractivity contribution is 5.20. The summed E-state index contributed by atoms with van der Waals surface area (Å²) >= 11 is 0. The highest BCUT2D eigenvalue weighted by Crippen LogP contribution is 2.67. The zero-order chi connectivity index (χ0) is 35.0. The number of rotatable bonds is 12. The Balaban J connectivity index is 3.80. The fraction of sp³-hybridized carbons (Fsp3) is 0.818. The normalized spacial score (nSPS) is 22.6. The number of alkyl halides is 21. The predicted octanol–water partition coefficient (Wildman–Crippen LogP) is 10.5. The van der Waals surface area contributed by atoms with Crippen LogP contribution in [-0.4, -0.2) is 59.5 Å². The Morgan fingerprint density at radius 2 is 0.791 bits per heavy atom. The fourth-order valence-corrected chi connectivity index (χ4v) is 4.55. The molecule has 0 nitrogen and oxygen atoms in total. The van der Waals surface area contributed by atoms with Crippen LogP contribution in [-0.2, 0) is 0 Å². The first-order valence-electron chi connectivity index (χ1n) is 11.2. The molecule has 1 fully saturated rings. The predicted molar refractivity (Wildman–Crippen MR) is 105 cm³/mol. The van der Waals surface area contributed by atoms with Gasteiger partial charge in [-0.1, -0.05) is 17.7 Å². The molecule has 0 N–H and O–H groups in total. The summed E-state index contributed by atoms with van der Waals surface area (Å²) in [4.78, 5) is 0. The molecular formula is C22H19F21. The van der Waals surface area contributed by atoms with Gasteiger partial charge in [-0.25, -0.2) is 0 Å². The Morgan fingerprint density at radius 3 is 1.07 bits per heavy atom. The van der Waals surface area contributed by atoms with Crippen LogP contribution in [0.15, 0.2) is 24.3 Å². The topological polar surface area (TPSA) is 0 Å². The van der Waals surface area contributed by atoms with Gasteiger partial charge in [-0.05, 0) is 44.9 Å². The van der Waals surface area contributed by atoms with Gasteiger partial charge in [-0.15, -0.1) is 6.58 Å². The van der Waals surface area contributed by atoms with Crippen molar-refractivity contribution in [3.63, 3.8) is 0 Å². The van der Waals surface area contributed by atoms with E-state index in [9.17, 15) is 92.2 Å². The van der Waals surface area contributed by atoms with Crippen LogP contribution in [0.1, 0.15) is 33.1 Å². The van der Waals surface area contributed by atoms with Crippen LogP contribution in [0.2, 0.25) is 0 Å². The van der Waals surface area contributed by atoms with E-state index in [-0.39, 0.29) is 12.0 Å². The highest BCUT2D eigenvalue weighted by Gasteiger charge is 2.98. The molecule has 0 aliphatic heterocycles. The van der Waals surface area contributed by atoms with E-state index in [1.54, 1.807) is 0 Å². The molecule has 3 atom stereocenters. The van der Waals surface area contributed by atoms with Crippen molar-refractivity contribution in [2.24, 2.45) is 17.8 Å². The summed E-state index contributed by atoms with van der Waals surface area (Å²) in [5, 5.41) is 0. The summed E-state index contributed by atoms with van der Waals surface area (Å²) in [5.74, 6) is -83.1. The quantitative estimate of drug-likeness (QED) is 0.142. The molecular weight excluding hydrogens is 663 g/mol. The van der Waals surface area contributed by atoms with E-state index < -0.39 is 95.6 Å². The van der Waals surface area contributed by atoms with Gasteiger partial charge in [0, 0.05) is 5.92 Å². The second-order valence-electron chi connectivity index (χ2n) is 10.3. The van der Waals surface area contributed by atoms with E-state index in [2.05, 4.69) is 13.2 Å². The van der Waals surface area contributed by atoms with Crippen molar-refractivity contribution in [3.8, 4) is 0 Å². The van der Waals surface area contributed by atoms with E-state index in [4.69, 9.17) is 0 Å². The average Bonchev–Trinajstić information content (AvgIpc) is 3.21. The molecule has 0 spiro atoms. The molecule has 21 heteroatoms. The number of hydrogen-bond acceptors (Lipinski definition) is 0. The summed E-state index contributed by atoms with van der Waals surface area (Å²) in [5.41, 5.74) is -0.294. The summed E-state index contributed by atoms with van der Waals surface area (Å²) in [6, 6.07) is 0. The Morgan fingerprint density at radius 1 is 0.488 bits per heavy atom. The summed E-state index contributed by atoms with van der Waals surface area (Å²) < 4.78 is 287. The monoisotopic (exact) mass is 682 g/mol. The molecule has 0 radical (unpaired) electrons. The molecule has 254 valence electrons. The van der Waals surface area contributed by atoms with E-state index in [0.29, 0.717) is 0 Å². The highest BCUT2D eigenvalue weighted by atomic mass is 19.4. The van der Waals surface area contributed by atoms with Gasteiger partial charge in [0.2, 0.25) is 0 Å². The van der Waals surface area contributed by atoms with Crippen molar-refractivity contribution in [1.29, 1.82) is 0 Å². The summed E-state index contributed by atoms with van der Waals surface area (Å²) in [6.45, 7) is 8.60. The Labute approximate surface area is 227 Å². The minimum Gasteiger partial charge on any atom is -0.199 e. The van der Waals surface area contributed by atoms with E-state index in [1.165, 1.54) is 6.92 Å². The van der Waals surface area contributed by atoms with Gasteiger partial charge < -0.3 is 0 Å². The van der Waals surface area contributed by atoms with E-state index >= 15 is 0 Å². The lowest BCUT2D eigenvalue weighted by atomic mass is 9.79. The molecule has 0 aromatic carbocycles. The van der Waals surface area contributed by atoms with Crippen molar-refractivity contribution in [3.05, 3.63) is 24.3 Å². The maximum absolute atomic E-state index is 14.9. The first-order valence-corrected chi connectivity index (χ1v) is 11.2. The van der Waals surface area contributed by atoms with Crippen molar-refractivity contribution in [1.82, 2.24) is 0 Å². The van der Waals surface area contributed by atoms with Crippen molar-refractivity contribution in [2.45, 2.75) is 92.6 Å². The van der Waals surface area contributed by atoms with E-state index in [0.717, 1.165) is 6.92 Å². The van der Waals surface area contributed by atoms with Gasteiger partial charge >= 0.3 is 59.5 Å². The van der Waals surface area contributed by atoms with Gasteiger partial charge in [-0.3, -0.25) is 0 Å². The molecule has 0 heterocycles. The number of allylic oxidation sites excluding steroid dienone is 2. The Hall–Kier alpha value is -1.99. The second kappa shape index (κ2) is 10.5. The van der Waals surface area contributed by atoms with Crippen LogP contribution in [0.3, 0.4) is 0 Å². The van der Waals surface area contributed by atoms with Gasteiger partial charge in [0.1, 0.15) is 0 Å². The third kappa shape index (κ3) is 5.24. The van der Waals surface area contributed by atoms with Crippen molar-refractivity contribution < 1.29 is 92.2 Å². The third-order valence-electron chi connectivity index (χ3n) is 6.93. The zero-order valence-electron chi connectivity index (χ0n) is 21.2.